The molecular formula is C36H20Cl2F4N4O8. The molecule has 1 N–H and O–H groups in total. The van der Waals surface area contributed by atoms with Crippen LogP contribution in [0.25, 0.3) is 38.8 Å². The van der Waals surface area contributed by atoms with E-state index in [1.54, 1.807) is 36.4 Å². The number of hydrogen-bond donors (Lipinski definition) is 1. The Balaban J connectivity index is 0.000000191. The number of rotatable bonds is 8. The summed E-state index contributed by atoms with van der Waals surface area (Å²) in [6, 6.07) is 13.3. The number of benzene rings is 2. The number of carbonyl (C=O) groups is 1. The Morgan fingerprint density at radius 3 is 2.31 bits per heavy atom. The molecule has 0 fully saturated rings. The van der Waals surface area contributed by atoms with Crippen molar-refractivity contribution in [2.24, 2.45) is 0 Å². The van der Waals surface area contributed by atoms with Crippen molar-refractivity contribution in [3.8, 4) is 22.9 Å². The van der Waals surface area contributed by atoms with Gasteiger partial charge in [-0.2, -0.15) is 17.6 Å². The molecule has 54 heavy (non-hydrogen) atoms. The van der Waals surface area contributed by atoms with E-state index in [9.17, 15) is 37.6 Å². The molecule has 2 aliphatic rings. The first-order valence-corrected chi connectivity index (χ1v) is 16.2. The van der Waals surface area contributed by atoms with Crippen molar-refractivity contribution in [2.75, 3.05) is 0 Å². The molecule has 1 aliphatic heterocycles. The molecule has 0 bridgehead atoms. The van der Waals surface area contributed by atoms with Gasteiger partial charge in [0.05, 0.1) is 31.6 Å². The third-order valence-electron chi connectivity index (χ3n) is 8.42. The number of aromatic nitrogens is 3. The molecule has 12 nitrogen and oxygen atoms in total. The molecule has 0 spiro atoms. The van der Waals surface area contributed by atoms with Crippen molar-refractivity contribution in [3.63, 3.8) is 0 Å². The first-order chi connectivity index (χ1) is 25.9. The normalized spacial score (nSPS) is 17.1. The predicted octanol–water partition coefficient (Wildman–Crippen LogP) is 9.49. The molecule has 274 valence electrons. The Bertz CT molecular complexity index is 2500. The van der Waals surface area contributed by atoms with E-state index in [1.165, 1.54) is 61.2 Å². The molecule has 0 amide bonds. The Kier molecular flexibility index (Phi) is 9.66. The molecule has 2 atom stereocenters. The van der Waals surface area contributed by atoms with Gasteiger partial charge in [0.25, 0.3) is 5.69 Å². The van der Waals surface area contributed by atoms with Crippen LogP contribution < -0.4 is 9.47 Å². The summed E-state index contributed by atoms with van der Waals surface area (Å²) in [6.07, 6.45) is 8.96. The molecule has 8 rings (SSSR count). The zero-order valence-electron chi connectivity index (χ0n) is 26.8. The quantitative estimate of drug-likeness (QED) is 0.0890. The van der Waals surface area contributed by atoms with Gasteiger partial charge in [-0.25, -0.2) is 9.78 Å². The molecule has 2 unspecified atom stereocenters. The number of aromatic carboxylic acids is 1. The molecule has 0 saturated carbocycles. The third-order valence-corrected chi connectivity index (χ3v) is 9.00. The van der Waals surface area contributed by atoms with Crippen molar-refractivity contribution in [1.82, 2.24) is 15.0 Å². The number of nitrogens with zero attached hydrogens (tertiary/aromatic N) is 4. The highest BCUT2D eigenvalue weighted by molar-refractivity contribution is 6.36. The van der Waals surface area contributed by atoms with E-state index in [0.717, 1.165) is 0 Å². The lowest BCUT2D eigenvalue weighted by Crippen LogP contribution is -2.45. The smallest absolute Gasteiger partial charge is 0.388 e. The zero-order chi connectivity index (χ0) is 38.3. The van der Waals surface area contributed by atoms with Crippen molar-refractivity contribution >= 4 is 62.4 Å². The van der Waals surface area contributed by atoms with Crippen molar-refractivity contribution in [2.45, 2.75) is 24.9 Å². The lowest BCUT2D eigenvalue weighted by molar-refractivity contribution is -0.384. The number of carboxylic acid groups (broad SMARTS) is 1. The second-order valence-electron chi connectivity index (χ2n) is 11.4. The van der Waals surface area contributed by atoms with E-state index < -0.39 is 35.8 Å². The number of nitro benzene ring substituents is 1. The Labute approximate surface area is 310 Å². The highest BCUT2D eigenvalue weighted by atomic mass is 35.5. The van der Waals surface area contributed by atoms with Gasteiger partial charge in [0, 0.05) is 70.6 Å². The second kappa shape index (κ2) is 14.4. The van der Waals surface area contributed by atoms with Gasteiger partial charge in [-0.3, -0.25) is 20.1 Å². The second-order valence-corrected chi connectivity index (χ2v) is 12.2. The number of ether oxygens (including phenoxy) is 3. The summed E-state index contributed by atoms with van der Waals surface area (Å²) in [5, 5.41) is 20.6. The fourth-order valence-corrected chi connectivity index (χ4v) is 7.03. The summed E-state index contributed by atoms with van der Waals surface area (Å²) < 4.78 is 73.4. The first-order valence-electron chi connectivity index (χ1n) is 15.4. The van der Waals surface area contributed by atoms with E-state index in [0.29, 0.717) is 28.1 Å². The van der Waals surface area contributed by atoms with E-state index in [2.05, 4.69) is 19.7 Å². The topological polar surface area (TPSA) is 160 Å². The molecule has 5 heterocycles. The Morgan fingerprint density at radius 2 is 1.65 bits per heavy atom. The number of non-ortho nitro benzene ring substituents is 1. The molecule has 2 aromatic carbocycles. The van der Waals surface area contributed by atoms with Gasteiger partial charge in [-0.1, -0.05) is 41.4 Å². The summed E-state index contributed by atoms with van der Waals surface area (Å²) in [7, 11) is 0. The number of hydrogen-bond acceptors (Lipinski definition) is 10. The molecule has 18 heteroatoms. The van der Waals surface area contributed by atoms with Crippen LogP contribution in [0.2, 0.25) is 10.0 Å². The van der Waals surface area contributed by atoms with Crippen LogP contribution in [-0.2, 0) is 10.3 Å². The molecule has 0 radical (unpaired) electrons. The van der Waals surface area contributed by atoms with Crippen LogP contribution in [0.4, 0.5) is 23.2 Å². The van der Waals surface area contributed by atoms with Crippen LogP contribution in [0.15, 0.2) is 102 Å². The highest BCUT2D eigenvalue weighted by Crippen LogP contribution is 2.54. The first kappa shape index (κ1) is 36.3. The van der Waals surface area contributed by atoms with Gasteiger partial charge < -0.3 is 23.7 Å². The largest absolute Gasteiger partial charge is 0.481 e. The van der Waals surface area contributed by atoms with Crippen molar-refractivity contribution in [1.29, 1.82) is 0 Å². The van der Waals surface area contributed by atoms with Crippen LogP contribution >= 0.6 is 23.2 Å². The minimum atomic E-state index is -3.18. The number of furan rings is 1. The van der Waals surface area contributed by atoms with E-state index in [-0.39, 0.29) is 54.7 Å². The fraction of sp³-hybridized carbons (Fsp3) is 0.111. The Morgan fingerprint density at radius 1 is 0.944 bits per heavy atom. The maximum absolute atomic E-state index is 13.7. The van der Waals surface area contributed by atoms with Gasteiger partial charge in [0.1, 0.15) is 16.9 Å². The molecule has 4 aromatic heterocycles. The maximum atomic E-state index is 13.7. The number of pyridine rings is 3. The number of allylic oxidation sites excluding steroid dienone is 2. The lowest BCUT2D eigenvalue weighted by Gasteiger charge is -2.38. The summed E-state index contributed by atoms with van der Waals surface area (Å²) in [4.78, 5) is 33.8. The lowest BCUT2D eigenvalue weighted by atomic mass is 9.79. The van der Waals surface area contributed by atoms with E-state index >= 15 is 0 Å². The number of halogens is 6. The summed E-state index contributed by atoms with van der Waals surface area (Å²) >= 11 is 12.7. The number of fused-ring (bicyclic) bond motifs is 6. The van der Waals surface area contributed by atoms with Crippen molar-refractivity contribution in [3.05, 3.63) is 134 Å². The maximum Gasteiger partial charge on any atom is 0.388 e. The number of carboxylic acids is 1. The molecule has 6 aromatic rings. The van der Waals surface area contributed by atoms with Gasteiger partial charge in [0.2, 0.25) is 5.88 Å². The van der Waals surface area contributed by atoms with Gasteiger partial charge >= 0.3 is 19.2 Å². The molecule has 1 aliphatic carbocycles. The van der Waals surface area contributed by atoms with Gasteiger partial charge in [0.15, 0.2) is 11.7 Å². The van der Waals surface area contributed by atoms with Crippen LogP contribution in [0, 0.1) is 10.1 Å². The van der Waals surface area contributed by atoms with Crippen LogP contribution in [-0.4, -0.2) is 50.3 Å². The highest BCUT2D eigenvalue weighted by Gasteiger charge is 2.53. The number of alkyl halides is 4. The van der Waals surface area contributed by atoms with E-state index in [1.807, 2.05) is 0 Å². The number of nitro groups is 1. The average Bonchev–Trinajstić information content (AvgIpc) is 3.71. The fourth-order valence-electron chi connectivity index (χ4n) is 6.37. The minimum absolute atomic E-state index is 0.0346. The van der Waals surface area contributed by atoms with Gasteiger partial charge in [-0.05, 0) is 36.4 Å². The monoisotopic (exact) mass is 782 g/mol. The van der Waals surface area contributed by atoms with Gasteiger partial charge in [-0.15, -0.1) is 0 Å². The van der Waals surface area contributed by atoms with Crippen LogP contribution in [0.5, 0.6) is 11.6 Å². The Hall–Kier alpha value is -6.10. The molecule has 0 saturated heterocycles. The summed E-state index contributed by atoms with van der Waals surface area (Å²) in [5.74, 6) is -1.16. The van der Waals surface area contributed by atoms with Crippen LogP contribution in [0.3, 0.4) is 0 Å². The average molecular weight is 783 g/mol. The predicted molar refractivity (Wildman–Crippen MR) is 186 cm³/mol. The summed E-state index contributed by atoms with van der Waals surface area (Å²) in [5.41, 5.74) is 0.725. The van der Waals surface area contributed by atoms with Crippen molar-refractivity contribution < 1.29 is 51.0 Å². The van der Waals surface area contributed by atoms with E-state index in [4.69, 9.17) is 37.1 Å². The third kappa shape index (κ3) is 6.44. The SMILES string of the molecule is O=C(O)c1cccc2oc3ccnc(OC(F)F)c3c12.O=[N+]([O-])c1ccc(-c2nccc3c2C2=CC=CC(OC(F)F)(c4c(Cl)cncc4Cl)C2O3)cc1. The molecular weight excluding hydrogens is 763 g/mol. The van der Waals surface area contributed by atoms with Crippen LogP contribution in [0.1, 0.15) is 21.5 Å². The minimum Gasteiger partial charge on any atom is -0.481 e. The zero-order valence-corrected chi connectivity index (χ0v) is 28.3. The standard InChI is InChI=1S/C23H13Cl2F2N3O4.C13H7F2NO4/c24-15-10-28-11-16(25)19(15)23(34-22(26)27)8-1-2-14-18-17(33-21(14)23)7-9-29-20(18)12-3-5-13(6-4-12)30(31)32;14-13(15)20-11-10-8(4-5-16-11)19-7-3-1-2-6(9(7)10)12(17)18/h1-11,21-22H;1-5,13H,(H,17,18). The summed E-state index contributed by atoms with van der Waals surface area (Å²) in [6.45, 7) is -6.24.